The number of aromatic nitrogens is 2. The van der Waals surface area contributed by atoms with Crippen LogP contribution < -0.4 is 5.73 Å². The van der Waals surface area contributed by atoms with E-state index in [1.54, 1.807) is 11.3 Å². The molecular formula is C13H12BrN3S. The fraction of sp³-hybridized carbons (Fsp3) is 0.154. The third kappa shape index (κ3) is 1.93. The minimum atomic E-state index is 0.566. The van der Waals surface area contributed by atoms with Crippen molar-refractivity contribution >= 4 is 44.2 Å². The summed E-state index contributed by atoms with van der Waals surface area (Å²) in [6, 6.07) is 8.18. The Balaban J connectivity index is 2.11. The van der Waals surface area contributed by atoms with Crippen molar-refractivity contribution in [1.82, 2.24) is 9.55 Å². The summed E-state index contributed by atoms with van der Waals surface area (Å²) in [6.45, 7) is 2.91. The van der Waals surface area contributed by atoms with Crippen molar-refractivity contribution in [3.63, 3.8) is 0 Å². The molecule has 0 unspecified atom stereocenters. The van der Waals surface area contributed by atoms with Gasteiger partial charge in [-0.2, -0.15) is 0 Å². The van der Waals surface area contributed by atoms with Gasteiger partial charge in [0.15, 0.2) is 0 Å². The minimum Gasteiger partial charge on any atom is -0.369 e. The average molecular weight is 322 g/mol. The Morgan fingerprint density at radius 2 is 2.22 bits per heavy atom. The van der Waals surface area contributed by atoms with Gasteiger partial charge in [0, 0.05) is 9.35 Å². The summed E-state index contributed by atoms with van der Waals surface area (Å²) in [6.07, 6.45) is 0. The summed E-state index contributed by atoms with van der Waals surface area (Å²) in [7, 11) is 0. The molecule has 0 spiro atoms. The number of nitrogens with zero attached hydrogens (tertiary/aromatic N) is 2. The predicted octanol–water partition coefficient (Wildman–Crippen LogP) is 3.80. The Morgan fingerprint density at radius 3 is 2.94 bits per heavy atom. The van der Waals surface area contributed by atoms with Crippen molar-refractivity contribution in [2.75, 3.05) is 5.73 Å². The molecule has 0 saturated carbocycles. The van der Waals surface area contributed by atoms with Gasteiger partial charge in [-0.25, -0.2) is 4.98 Å². The molecular weight excluding hydrogens is 310 g/mol. The maximum atomic E-state index is 6.01. The summed E-state index contributed by atoms with van der Waals surface area (Å²) in [4.78, 5) is 5.72. The van der Waals surface area contributed by atoms with E-state index in [1.807, 2.05) is 18.2 Å². The highest BCUT2D eigenvalue weighted by molar-refractivity contribution is 9.10. The Kier molecular flexibility index (Phi) is 2.87. The van der Waals surface area contributed by atoms with E-state index in [0.717, 1.165) is 22.1 Å². The van der Waals surface area contributed by atoms with Gasteiger partial charge in [-0.15, -0.1) is 11.3 Å². The molecule has 0 aliphatic carbocycles. The maximum absolute atomic E-state index is 6.01. The maximum Gasteiger partial charge on any atom is 0.201 e. The molecule has 0 bridgehead atoms. The van der Waals surface area contributed by atoms with Crippen molar-refractivity contribution in [3.05, 3.63) is 44.6 Å². The molecule has 2 N–H and O–H groups in total. The molecule has 1 aromatic carbocycles. The van der Waals surface area contributed by atoms with Gasteiger partial charge < -0.3 is 10.3 Å². The van der Waals surface area contributed by atoms with Crippen LogP contribution in [0.5, 0.6) is 0 Å². The third-order valence-electron chi connectivity index (χ3n) is 3.01. The molecule has 2 heterocycles. The highest BCUT2D eigenvalue weighted by Crippen LogP contribution is 2.25. The van der Waals surface area contributed by atoms with Crippen molar-refractivity contribution in [2.45, 2.75) is 13.5 Å². The van der Waals surface area contributed by atoms with Crippen molar-refractivity contribution < 1.29 is 0 Å². The molecule has 18 heavy (non-hydrogen) atoms. The van der Waals surface area contributed by atoms with Crippen LogP contribution in [0.25, 0.3) is 11.0 Å². The molecule has 0 atom stereocenters. The number of thiophene rings is 1. The molecule has 2 aromatic heterocycles. The first-order valence-electron chi connectivity index (χ1n) is 5.59. The number of aryl methyl sites for hydroxylation is 1. The number of benzene rings is 1. The van der Waals surface area contributed by atoms with E-state index in [1.165, 1.54) is 10.4 Å². The number of fused-ring (bicyclic) bond motifs is 1. The monoisotopic (exact) mass is 321 g/mol. The van der Waals surface area contributed by atoms with E-state index in [-0.39, 0.29) is 0 Å². The van der Waals surface area contributed by atoms with Crippen LogP contribution in [-0.4, -0.2) is 9.55 Å². The molecule has 0 amide bonds. The standard InChI is InChI=1S/C13H12BrN3S/c1-8-4-5-18-12(8)7-17-11-3-2-9(14)6-10(11)16-13(17)15/h2-6H,7H2,1H3,(H2,15,16). The first-order chi connectivity index (χ1) is 8.65. The Bertz CT molecular complexity index is 714. The van der Waals surface area contributed by atoms with Crippen LogP contribution in [0.1, 0.15) is 10.4 Å². The van der Waals surface area contributed by atoms with Gasteiger partial charge in [0.1, 0.15) is 0 Å². The van der Waals surface area contributed by atoms with Crippen LogP contribution in [0.2, 0.25) is 0 Å². The van der Waals surface area contributed by atoms with E-state index in [0.29, 0.717) is 5.95 Å². The average Bonchev–Trinajstić information content (AvgIpc) is 2.85. The van der Waals surface area contributed by atoms with Gasteiger partial charge in [-0.1, -0.05) is 15.9 Å². The summed E-state index contributed by atoms with van der Waals surface area (Å²) in [5, 5.41) is 2.11. The zero-order chi connectivity index (χ0) is 12.7. The lowest BCUT2D eigenvalue weighted by molar-refractivity contribution is 0.848. The minimum absolute atomic E-state index is 0.566. The Morgan fingerprint density at radius 1 is 1.39 bits per heavy atom. The van der Waals surface area contributed by atoms with Crippen molar-refractivity contribution in [3.8, 4) is 0 Å². The second kappa shape index (κ2) is 4.40. The molecule has 3 nitrogen and oxygen atoms in total. The van der Waals surface area contributed by atoms with Gasteiger partial charge in [0.25, 0.3) is 0 Å². The predicted molar refractivity (Wildman–Crippen MR) is 80.0 cm³/mol. The molecule has 92 valence electrons. The topological polar surface area (TPSA) is 43.8 Å². The Labute approximate surface area is 117 Å². The number of nitrogen functional groups attached to an aromatic ring is 1. The lowest BCUT2D eigenvalue weighted by Gasteiger charge is -2.05. The normalized spacial score (nSPS) is 11.2. The quantitative estimate of drug-likeness (QED) is 0.780. The van der Waals surface area contributed by atoms with Crippen LogP contribution in [0.3, 0.4) is 0 Å². The number of rotatable bonds is 2. The van der Waals surface area contributed by atoms with Crippen molar-refractivity contribution in [1.29, 1.82) is 0 Å². The highest BCUT2D eigenvalue weighted by Gasteiger charge is 2.10. The van der Waals surface area contributed by atoms with Gasteiger partial charge in [0.2, 0.25) is 5.95 Å². The first-order valence-corrected chi connectivity index (χ1v) is 7.26. The van der Waals surface area contributed by atoms with E-state index in [9.17, 15) is 0 Å². The second-order valence-corrected chi connectivity index (χ2v) is 6.13. The van der Waals surface area contributed by atoms with Gasteiger partial charge in [-0.05, 0) is 42.1 Å². The second-order valence-electron chi connectivity index (χ2n) is 4.22. The van der Waals surface area contributed by atoms with Gasteiger partial charge in [0.05, 0.1) is 17.6 Å². The molecule has 0 saturated heterocycles. The van der Waals surface area contributed by atoms with Crippen LogP contribution in [0.4, 0.5) is 5.95 Å². The van der Waals surface area contributed by atoms with E-state index < -0.39 is 0 Å². The molecule has 0 aliphatic heterocycles. The largest absolute Gasteiger partial charge is 0.369 e. The first kappa shape index (κ1) is 11.7. The van der Waals surface area contributed by atoms with E-state index >= 15 is 0 Å². The molecule has 0 fully saturated rings. The van der Waals surface area contributed by atoms with Crippen LogP contribution >= 0.6 is 27.3 Å². The molecule has 3 aromatic rings. The van der Waals surface area contributed by atoms with E-state index in [2.05, 4.69) is 43.9 Å². The number of anilines is 1. The van der Waals surface area contributed by atoms with Gasteiger partial charge in [-0.3, -0.25) is 0 Å². The van der Waals surface area contributed by atoms with Crippen LogP contribution in [-0.2, 0) is 6.54 Å². The highest BCUT2D eigenvalue weighted by atomic mass is 79.9. The number of hydrogen-bond acceptors (Lipinski definition) is 3. The van der Waals surface area contributed by atoms with Gasteiger partial charge >= 0.3 is 0 Å². The molecule has 0 radical (unpaired) electrons. The van der Waals surface area contributed by atoms with Crippen LogP contribution in [0, 0.1) is 6.92 Å². The summed E-state index contributed by atoms with van der Waals surface area (Å²) < 4.78 is 3.08. The number of halogens is 1. The Hall–Kier alpha value is -1.33. The lowest BCUT2D eigenvalue weighted by Crippen LogP contribution is -2.04. The zero-order valence-corrected chi connectivity index (χ0v) is 12.3. The number of hydrogen-bond donors (Lipinski definition) is 1. The molecule has 5 heteroatoms. The fourth-order valence-corrected chi connectivity index (χ4v) is 3.24. The lowest BCUT2D eigenvalue weighted by atomic mass is 10.3. The number of nitrogens with two attached hydrogens (primary N) is 1. The number of imidazole rings is 1. The van der Waals surface area contributed by atoms with Crippen molar-refractivity contribution in [2.24, 2.45) is 0 Å². The SMILES string of the molecule is Cc1ccsc1Cn1c(N)nc2cc(Br)ccc21. The smallest absolute Gasteiger partial charge is 0.201 e. The van der Waals surface area contributed by atoms with E-state index in [4.69, 9.17) is 5.73 Å². The molecule has 0 aliphatic rings. The third-order valence-corrected chi connectivity index (χ3v) is 4.51. The fourth-order valence-electron chi connectivity index (χ4n) is 2.00. The van der Waals surface area contributed by atoms with Crippen LogP contribution in [0.15, 0.2) is 34.1 Å². The summed E-state index contributed by atoms with van der Waals surface area (Å²) >= 11 is 5.21. The summed E-state index contributed by atoms with van der Waals surface area (Å²) in [5.41, 5.74) is 9.31. The summed E-state index contributed by atoms with van der Waals surface area (Å²) in [5.74, 6) is 0.566. The zero-order valence-electron chi connectivity index (χ0n) is 9.85. The molecule has 3 rings (SSSR count).